The van der Waals surface area contributed by atoms with Crippen LogP contribution in [0.3, 0.4) is 0 Å². The third-order valence-electron chi connectivity index (χ3n) is 4.21. The fourth-order valence-electron chi connectivity index (χ4n) is 2.57. The van der Waals surface area contributed by atoms with Gasteiger partial charge in [0.25, 0.3) is 11.6 Å². The molecule has 2 rings (SSSR count). The fourth-order valence-corrected chi connectivity index (χ4v) is 3.66. The summed E-state index contributed by atoms with van der Waals surface area (Å²) in [6, 6.07) is 3.62. The molecule has 2 aromatic rings. The fraction of sp³-hybridized carbons (Fsp3) is 0.421. The zero-order valence-electron chi connectivity index (χ0n) is 16.9. The van der Waals surface area contributed by atoms with Crippen LogP contribution >= 0.6 is 22.9 Å². The van der Waals surface area contributed by atoms with Gasteiger partial charge in [0.2, 0.25) is 5.91 Å². The number of aryl methyl sites for hydroxylation is 2. The number of rotatable bonds is 10. The Kier molecular flexibility index (Phi) is 8.70. The summed E-state index contributed by atoms with van der Waals surface area (Å²) in [6.07, 6.45) is 0.521. The molecule has 2 amide bonds. The number of hydrogen-bond donors (Lipinski definition) is 1. The van der Waals surface area contributed by atoms with Crippen molar-refractivity contribution in [3.8, 4) is 0 Å². The summed E-state index contributed by atoms with van der Waals surface area (Å²) < 4.78 is 5.30. The molecule has 9 nitrogen and oxygen atoms in total. The first kappa shape index (κ1) is 23.7. The molecule has 1 N–H and O–H groups in total. The third-order valence-corrected chi connectivity index (χ3v) is 5.51. The highest BCUT2D eigenvalue weighted by Gasteiger charge is 2.23. The Hall–Kier alpha value is -2.56. The number of anilines is 1. The number of nitrogens with one attached hydrogen (secondary N) is 1. The Balaban J connectivity index is 2.15. The summed E-state index contributed by atoms with van der Waals surface area (Å²) in [5.74, 6) is -0.889. The van der Waals surface area contributed by atoms with Crippen molar-refractivity contribution in [2.75, 3.05) is 31.6 Å². The van der Waals surface area contributed by atoms with Gasteiger partial charge in [-0.1, -0.05) is 11.6 Å². The average Bonchev–Trinajstić information content (AvgIpc) is 3.00. The molecule has 0 aliphatic carbocycles. The number of non-ortho nitro benzene ring substituents is 1. The predicted molar refractivity (Wildman–Crippen MR) is 115 cm³/mol. The van der Waals surface area contributed by atoms with Crippen molar-refractivity contribution in [2.24, 2.45) is 0 Å². The van der Waals surface area contributed by atoms with Gasteiger partial charge in [-0.15, -0.1) is 11.3 Å². The van der Waals surface area contributed by atoms with Gasteiger partial charge >= 0.3 is 0 Å². The molecule has 0 spiro atoms. The number of nitrogens with zero attached hydrogens (tertiary/aromatic N) is 3. The van der Waals surface area contributed by atoms with Crippen molar-refractivity contribution >= 4 is 45.6 Å². The molecule has 0 bridgehead atoms. The van der Waals surface area contributed by atoms with E-state index >= 15 is 0 Å². The predicted octanol–water partition coefficient (Wildman–Crippen LogP) is 3.83. The molecule has 1 heterocycles. The molecule has 0 saturated carbocycles. The van der Waals surface area contributed by atoms with Crippen LogP contribution in [0.25, 0.3) is 0 Å². The lowest BCUT2D eigenvalue weighted by Crippen LogP contribution is -2.39. The number of nitro benzene ring substituents is 1. The molecule has 0 atom stereocenters. The van der Waals surface area contributed by atoms with Gasteiger partial charge in [-0.3, -0.25) is 19.7 Å². The SMILES string of the molecule is CCOCCCN(CC(=O)Nc1nc(C)c(C)s1)C(=O)c1ccc([N+](=O)[O-])cc1Cl. The van der Waals surface area contributed by atoms with Crippen LogP contribution in [-0.4, -0.2) is 52.9 Å². The largest absolute Gasteiger partial charge is 0.382 e. The maximum absolute atomic E-state index is 13.0. The highest BCUT2D eigenvalue weighted by Crippen LogP contribution is 2.24. The van der Waals surface area contributed by atoms with Gasteiger partial charge in [-0.05, 0) is 33.3 Å². The van der Waals surface area contributed by atoms with E-state index in [2.05, 4.69) is 10.3 Å². The summed E-state index contributed by atoms with van der Waals surface area (Å²) >= 11 is 7.45. The van der Waals surface area contributed by atoms with Crippen LogP contribution in [0.5, 0.6) is 0 Å². The van der Waals surface area contributed by atoms with Crippen LogP contribution in [0.4, 0.5) is 10.8 Å². The highest BCUT2D eigenvalue weighted by molar-refractivity contribution is 7.15. The smallest absolute Gasteiger partial charge is 0.270 e. The zero-order valence-corrected chi connectivity index (χ0v) is 18.5. The van der Waals surface area contributed by atoms with Gasteiger partial charge < -0.3 is 15.0 Å². The number of carbonyl (C=O) groups excluding carboxylic acids is 2. The number of ether oxygens (including phenoxy) is 1. The van der Waals surface area contributed by atoms with Crippen LogP contribution in [0.2, 0.25) is 5.02 Å². The van der Waals surface area contributed by atoms with Gasteiger partial charge in [0.1, 0.15) is 6.54 Å². The minimum absolute atomic E-state index is 0.0458. The van der Waals surface area contributed by atoms with E-state index < -0.39 is 16.7 Å². The zero-order chi connectivity index (χ0) is 22.3. The van der Waals surface area contributed by atoms with Gasteiger partial charge in [-0.25, -0.2) is 4.98 Å². The number of hydrogen-bond acceptors (Lipinski definition) is 7. The van der Waals surface area contributed by atoms with Crippen LogP contribution in [0, 0.1) is 24.0 Å². The van der Waals surface area contributed by atoms with Crippen LogP contribution in [0.1, 0.15) is 34.3 Å². The molecular formula is C19H23ClN4O5S. The molecule has 0 radical (unpaired) electrons. The van der Waals surface area contributed by atoms with E-state index in [1.807, 2.05) is 20.8 Å². The summed E-state index contributed by atoms with van der Waals surface area (Å²) in [5.41, 5.74) is 0.705. The van der Waals surface area contributed by atoms with Crippen molar-refractivity contribution in [3.05, 3.63) is 49.5 Å². The molecule has 162 valence electrons. The van der Waals surface area contributed by atoms with Crippen LogP contribution in [-0.2, 0) is 9.53 Å². The van der Waals surface area contributed by atoms with Crippen molar-refractivity contribution < 1.29 is 19.2 Å². The minimum atomic E-state index is -0.592. The molecule has 0 unspecified atom stereocenters. The van der Waals surface area contributed by atoms with E-state index in [0.29, 0.717) is 24.8 Å². The lowest BCUT2D eigenvalue weighted by Gasteiger charge is -2.22. The maximum atomic E-state index is 13.0. The third kappa shape index (κ3) is 6.48. The second-order valence-corrected chi connectivity index (χ2v) is 8.02. The Labute approximate surface area is 183 Å². The molecule has 1 aromatic carbocycles. The summed E-state index contributed by atoms with van der Waals surface area (Å²) in [5, 5.41) is 14.0. The molecule has 0 aliphatic rings. The standard InChI is InChI=1S/C19H23ClN4O5S/c1-4-29-9-5-8-23(11-17(25)22-19-21-12(2)13(3)30-19)18(26)15-7-6-14(24(27)28)10-16(15)20/h6-7,10H,4-5,8-9,11H2,1-3H3,(H,21,22,25). The molecular weight excluding hydrogens is 432 g/mol. The molecule has 0 aliphatic heterocycles. The summed E-state index contributed by atoms with van der Waals surface area (Å²) in [6.45, 7) is 6.65. The maximum Gasteiger partial charge on any atom is 0.270 e. The molecule has 0 saturated heterocycles. The monoisotopic (exact) mass is 454 g/mol. The summed E-state index contributed by atoms with van der Waals surface area (Å²) in [4.78, 5) is 42.4. The Morgan fingerprint density at radius 2 is 2.10 bits per heavy atom. The van der Waals surface area contributed by atoms with Gasteiger partial charge in [0.05, 0.1) is 21.2 Å². The van der Waals surface area contributed by atoms with E-state index in [1.165, 1.54) is 28.4 Å². The van der Waals surface area contributed by atoms with Gasteiger partial charge in [0.15, 0.2) is 5.13 Å². The Morgan fingerprint density at radius 3 is 2.67 bits per heavy atom. The number of carbonyl (C=O) groups is 2. The Morgan fingerprint density at radius 1 is 1.37 bits per heavy atom. The minimum Gasteiger partial charge on any atom is -0.382 e. The van der Waals surface area contributed by atoms with E-state index in [0.717, 1.165) is 16.6 Å². The van der Waals surface area contributed by atoms with E-state index in [1.54, 1.807) is 0 Å². The van der Waals surface area contributed by atoms with Crippen molar-refractivity contribution in [1.29, 1.82) is 0 Å². The topological polar surface area (TPSA) is 115 Å². The van der Waals surface area contributed by atoms with E-state index in [-0.39, 0.29) is 29.4 Å². The second-order valence-electron chi connectivity index (χ2n) is 6.41. The van der Waals surface area contributed by atoms with E-state index in [9.17, 15) is 19.7 Å². The average molecular weight is 455 g/mol. The molecule has 1 aromatic heterocycles. The lowest BCUT2D eigenvalue weighted by molar-refractivity contribution is -0.384. The normalized spacial score (nSPS) is 10.7. The first-order chi connectivity index (χ1) is 14.2. The number of halogens is 1. The number of nitro groups is 1. The first-order valence-electron chi connectivity index (χ1n) is 9.27. The number of benzene rings is 1. The van der Waals surface area contributed by atoms with Crippen LogP contribution in [0.15, 0.2) is 18.2 Å². The molecule has 11 heteroatoms. The number of aromatic nitrogens is 1. The quantitative estimate of drug-likeness (QED) is 0.331. The number of amides is 2. The second kappa shape index (κ2) is 11.0. The van der Waals surface area contributed by atoms with Gasteiger partial charge in [0, 0.05) is 36.8 Å². The number of thiazole rings is 1. The van der Waals surface area contributed by atoms with Crippen molar-refractivity contribution in [3.63, 3.8) is 0 Å². The van der Waals surface area contributed by atoms with Crippen molar-refractivity contribution in [2.45, 2.75) is 27.2 Å². The van der Waals surface area contributed by atoms with Gasteiger partial charge in [-0.2, -0.15) is 0 Å². The summed E-state index contributed by atoms with van der Waals surface area (Å²) in [7, 11) is 0. The molecule has 30 heavy (non-hydrogen) atoms. The molecule has 0 fully saturated rings. The van der Waals surface area contributed by atoms with E-state index in [4.69, 9.17) is 16.3 Å². The highest BCUT2D eigenvalue weighted by atomic mass is 35.5. The lowest BCUT2D eigenvalue weighted by atomic mass is 10.1. The van der Waals surface area contributed by atoms with Crippen LogP contribution < -0.4 is 5.32 Å². The van der Waals surface area contributed by atoms with Crippen molar-refractivity contribution in [1.82, 2.24) is 9.88 Å². The Bertz CT molecular complexity index is 914. The first-order valence-corrected chi connectivity index (χ1v) is 10.5.